The molecule has 0 saturated carbocycles. The minimum atomic E-state index is -1.05. The largest absolute Gasteiger partial charge is 0.478 e. The molecule has 0 saturated heterocycles. The number of aromatic carboxylic acids is 1. The summed E-state index contributed by atoms with van der Waals surface area (Å²) in [5.74, 6) is -1.44. The zero-order chi connectivity index (χ0) is 15.6. The second kappa shape index (κ2) is 6.37. The number of carboxylic acids is 1. The normalized spacial score (nSPS) is 12.4. The van der Waals surface area contributed by atoms with E-state index in [-0.39, 0.29) is 11.6 Å². The fourth-order valence-electron chi connectivity index (χ4n) is 2.30. The van der Waals surface area contributed by atoms with Crippen molar-refractivity contribution in [3.63, 3.8) is 0 Å². The summed E-state index contributed by atoms with van der Waals surface area (Å²) in [5.41, 5.74) is 1.67. The Kier molecular flexibility index (Phi) is 4.75. The van der Waals surface area contributed by atoms with Gasteiger partial charge >= 0.3 is 5.97 Å². The number of rotatable bonds is 5. The summed E-state index contributed by atoms with van der Waals surface area (Å²) in [5, 5.41) is 12.2. The first-order chi connectivity index (χ1) is 9.88. The van der Waals surface area contributed by atoms with Crippen molar-refractivity contribution in [2.24, 2.45) is 0 Å². The van der Waals surface area contributed by atoms with E-state index in [0.717, 1.165) is 0 Å². The van der Waals surface area contributed by atoms with Gasteiger partial charge in [-0.3, -0.25) is 0 Å². The van der Waals surface area contributed by atoms with Gasteiger partial charge in [0.15, 0.2) is 0 Å². The van der Waals surface area contributed by atoms with Gasteiger partial charge in [0.25, 0.3) is 0 Å². The Labute approximate surface area is 127 Å². The van der Waals surface area contributed by atoms with E-state index in [1.54, 1.807) is 11.3 Å². The Morgan fingerprint density at radius 3 is 2.67 bits per heavy atom. The summed E-state index contributed by atoms with van der Waals surface area (Å²) in [6.45, 7) is 6.44. The average molecular weight is 307 g/mol. The van der Waals surface area contributed by atoms with Gasteiger partial charge in [-0.1, -0.05) is 0 Å². The Morgan fingerprint density at radius 1 is 1.38 bits per heavy atom. The lowest BCUT2D eigenvalue weighted by molar-refractivity contribution is 0.0696. The summed E-state index contributed by atoms with van der Waals surface area (Å²) < 4.78 is 13.7. The minimum Gasteiger partial charge on any atom is -0.478 e. The third-order valence-electron chi connectivity index (χ3n) is 3.44. The quantitative estimate of drug-likeness (QED) is 0.876. The van der Waals surface area contributed by atoms with E-state index in [1.807, 2.05) is 6.92 Å². The van der Waals surface area contributed by atoms with Gasteiger partial charge in [-0.05, 0) is 50.6 Å². The third kappa shape index (κ3) is 3.68. The molecule has 1 unspecified atom stereocenters. The van der Waals surface area contributed by atoms with Crippen LogP contribution in [0.25, 0.3) is 0 Å². The number of halogens is 1. The SMILES string of the molecule is Cc1cc(C(C)NCc2cc(C(=O)O)ccc2F)c(C)s1. The Hall–Kier alpha value is -1.72. The van der Waals surface area contributed by atoms with Gasteiger partial charge in [0.1, 0.15) is 5.82 Å². The van der Waals surface area contributed by atoms with Gasteiger partial charge in [0.2, 0.25) is 0 Å². The van der Waals surface area contributed by atoms with Gasteiger partial charge in [0.05, 0.1) is 5.56 Å². The first-order valence-electron chi connectivity index (χ1n) is 6.70. The molecule has 1 aromatic carbocycles. The van der Waals surface area contributed by atoms with Gasteiger partial charge in [0, 0.05) is 27.9 Å². The highest BCUT2D eigenvalue weighted by atomic mass is 32.1. The van der Waals surface area contributed by atoms with Crippen LogP contribution in [0.1, 0.15) is 44.2 Å². The van der Waals surface area contributed by atoms with Gasteiger partial charge in [-0.15, -0.1) is 11.3 Å². The molecule has 0 amide bonds. The van der Waals surface area contributed by atoms with Crippen LogP contribution in [0.4, 0.5) is 4.39 Å². The maximum absolute atomic E-state index is 13.7. The summed E-state index contributed by atoms with van der Waals surface area (Å²) >= 11 is 1.74. The molecule has 21 heavy (non-hydrogen) atoms. The van der Waals surface area contributed by atoms with Crippen LogP contribution in [-0.2, 0) is 6.54 Å². The monoisotopic (exact) mass is 307 g/mol. The summed E-state index contributed by atoms with van der Waals surface area (Å²) in [6.07, 6.45) is 0. The first kappa shape index (κ1) is 15.7. The molecular formula is C16H18FNO2S. The number of thiophene rings is 1. The molecule has 1 atom stereocenters. The van der Waals surface area contributed by atoms with Gasteiger partial charge in [-0.2, -0.15) is 0 Å². The van der Waals surface area contributed by atoms with E-state index in [9.17, 15) is 9.18 Å². The lowest BCUT2D eigenvalue weighted by Crippen LogP contribution is -2.19. The van der Waals surface area contributed by atoms with Crippen molar-refractivity contribution in [3.8, 4) is 0 Å². The maximum atomic E-state index is 13.7. The lowest BCUT2D eigenvalue weighted by Gasteiger charge is -2.14. The Balaban J connectivity index is 2.11. The van der Waals surface area contributed by atoms with Crippen molar-refractivity contribution in [1.29, 1.82) is 0 Å². The van der Waals surface area contributed by atoms with Crippen molar-refractivity contribution in [1.82, 2.24) is 5.32 Å². The highest BCUT2D eigenvalue weighted by Crippen LogP contribution is 2.26. The smallest absolute Gasteiger partial charge is 0.335 e. The van der Waals surface area contributed by atoms with Gasteiger partial charge in [-0.25, -0.2) is 9.18 Å². The predicted molar refractivity (Wildman–Crippen MR) is 82.4 cm³/mol. The molecule has 2 N–H and O–H groups in total. The van der Waals surface area contributed by atoms with E-state index in [2.05, 4.69) is 25.2 Å². The second-order valence-electron chi connectivity index (χ2n) is 5.08. The van der Waals surface area contributed by atoms with Crippen LogP contribution < -0.4 is 5.32 Å². The highest BCUT2D eigenvalue weighted by Gasteiger charge is 2.13. The molecule has 0 aliphatic carbocycles. The first-order valence-corrected chi connectivity index (χ1v) is 7.52. The molecule has 5 heteroatoms. The number of benzene rings is 1. The van der Waals surface area contributed by atoms with Crippen molar-refractivity contribution in [3.05, 3.63) is 56.5 Å². The number of carbonyl (C=O) groups is 1. The number of aryl methyl sites for hydroxylation is 2. The molecule has 0 bridgehead atoms. The molecular weight excluding hydrogens is 289 g/mol. The van der Waals surface area contributed by atoms with Crippen LogP contribution in [0.5, 0.6) is 0 Å². The molecule has 0 fully saturated rings. The third-order valence-corrected chi connectivity index (χ3v) is 4.42. The van der Waals surface area contributed by atoms with Crippen molar-refractivity contribution in [2.75, 3.05) is 0 Å². The zero-order valence-electron chi connectivity index (χ0n) is 12.2. The minimum absolute atomic E-state index is 0.0860. The summed E-state index contributed by atoms with van der Waals surface area (Å²) in [6, 6.07) is 6.07. The molecule has 2 aromatic rings. The molecule has 1 aromatic heterocycles. The van der Waals surface area contributed by atoms with Crippen molar-refractivity contribution in [2.45, 2.75) is 33.4 Å². The Bertz CT molecular complexity index is 666. The average Bonchev–Trinajstić information content (AvgIpc) is 2.76. The molecule has 0 aliphatic heterocycles. The van der Waals surface area contributed by atoms with Crippen LogP contribution in [0.15, 0.2) is 24.3 Å². The Morgan fingerprint density at radius 2 is 2.10 bits per heavy atom. The molecule has 0 spiro atoms. The molecule has 0 radical (unpaired) electrons. The second-order valence-corrected chi connectivity index (χ2v) is 6.54. The van der Waals surface area contributed by atoms with Gasteiger partial charge < -0.3 is 10.4 Å². The summed E-state index contributed by atoms with van der Waals surface area (Å²) in [4.78, 5) is 13.4. The number of hydrogen-bond acceptors (Lipinski definition) is 3. The highest BCUT2D eigenvalue weighted by molar-refractivity contribution is 7.12. The standard InChI is InChI=1S/C16H18FNO2S/c1-9-6-14(11(3)21-9)10(2)18-8-13-7-12(16(19)20)4-5-15(13)17/h4-7,10,18H,8H2,1-3H3,(H,19,20). The van der Waals surface area contributed by atoms with Crippen LogP contribution in [-0.4, -0.2) is 11.1 Å². The van der Waals surface area contributed by atoms with Crippen LogP contribution in [0, 0.1) is 19.7 Å². The summed E-state index contributed by atoms with van der Waals surface area (Å²) in [7, 11) is 0. The topological polar surface area (TPSA) is 49.3 Å². The van der Waals surface area contributed by atoms with Crippen LogP contribution in [0.2, 0.25) is 0 Å². The van der Waals surface area contributed by atoms with E-state index >= 15 is 0 Å². The van der Waals surface area contributed by atoms with Crippen LogP contribution >= 0.6 is 11.3 Å². The fraction of sp³-hybridized carbons (Fsp3) is 0.312. The molecule has 0 aliphatic rings. The van der Waals surface area contributed by atoms with E-state index < -0.39 is 11.8 Å². The fourth-order valence-corrected chi connectivity index (χ4v) is 3.32. The van der Waals surface area contributed by atoms with Crippen molar-refractivity contribution >= 4 is 17.3 Å². The molecule has 2 rings (SSSR count). The van der Waals surface area contributed by atoms with Crippen molar-refractivity contribution < 1.29 is 14.3 Å². The number of hydrogen-bond donors (Lipinski definition) is 2. The van der Waals surface area contributed by atoms with E-state index in [0.29, 0.717) is 12.1 Å². The molecule has 112 valence electrons. The lowest BCUT2D eigenvalue weighted by atomic mass is 10.1. The number of carboxylic acid groups (broad SMARTS) is 1. The predicted octanol–water partition coefficient (Wildman–Crippen LogP) is 4.05. The van der Waals surface area contributed by atoms with Crippen LogP contribution in [0.3, 0.4) is 0 Å². The molecule has 1 heterocycles. The number of nitrogens with one attached hydrogen (secondary N) is 1. The zero-order valence-corrected chi connectivity index (χ0v) is 13.1. The maximum Gasteiger partial charge on any atom is 0.335 e. The molecule has 3 nitrogen and oxygen atoms in total. The van der Waals surface area contributed by atoms with E-state index in [1.165, 1.54) is 33.5 Å². The van der Waals surface area contributed by atoms with E-state index in [4.69, 9.17) is 5.11 Å².